The first-order valence-corrected chi connectivity index (χ1v) is 5.33. The van der Waals surface area contributed by atoms with Gasteiger partial charge in [0.2, 0.25) is 0 Å². The van der Waals surface area contributed by atoms with Crippen molar-refractivity contribution in [2.45, 2.75) is 18.8 Å². The third-order valence-electron chi connectivity index (χ3n) is 2.58. The highest BCUT2D eigenvalue weighted by atomic mass is 35.5. The van der Waals surface area contributed by atoms with Crippen LogP contribution in [0.5, 0.6) is 0 Å². The van der Waals surface area contributed by atoms with E-state index in [-0.39, 0.29) is 13.0 Å². The number of hydrogen-bond donors (Lipinski definition) is 0. The summed E-state index contributed by atoms with van der Waals surface area (Å²) >= 11 is 5.74. The fraction of sp³-hybridized carbons (Fsp3) is 0.455. The predicted molar refractivity (Wildman–Crippen MR) is 57.8 cm³/mol. The van der Waals surface area contributed by atoms with Crippen molar-refractivity contribution >= 4 is 17.3 Å². The standard InChI is InChI=1S/C11H12ClF2N/c12-9-2-4-10(5-3-9)15-7-1-6-11(13,14)8-15/h2-5H,1,6-8H2. The van der Waals surface area contributed by atoms with Crippen LogP contribution in [0.1, 0.15) is 12.8 Å². The van der Waals surface area contributed by atoms with E-state index in [2.05, 4.69) is 0 Å². The second kappa shape index (κ2) is 3.97. The van der Waals surface area contributed by atoms with Crippen LogP contribution in [-0.4, -0.2) is 19.0 Å². The van der Waals surface area contributed by atoms with E-state index in [9.17, 15) is 8.78 Å². The molecule has 0 bridgehead atoms. The van der Waals surface area contributed by atoms with E-state index < -0.39 is 5.92 Å². The molecule has 0 spiro atoms. The number of hydrogen-bond acceptors (Lipinski definition) is 1. The fourth-order valence-corrected chi connectivity index (χ4v) is 1.96. The molecule has 1 aromatic rings. The summed E-state index contributed by atoms with van der Waals surface area (Å²) in [4.78, 5) is 1.71. The molecule has 0 aliphatic carbocycles. The lowest BCUT2D eigenvalue weighted by atomic mass is 10.1. The molecule has 0 atom stereocenters. The van der Waals surface area contributed by atoms with Crippen LogP contribution >= 0.6 is 11.6 Å². The van der Waals surface area contributed by atoms with Gasteiger partial charge in [-0.3, -0.25) is 0 Å². The van der Waals surface area contributed by atoms with Gasteiger partial charge >= 0.3 is 0 Å². The summed E-state index contributed by atoms with van der Waals surface area (Å²) in [5.74, 6) is -2.56. The average molecular weight is 232 g/mol. The minimum atomic E-state index is -2.56. The van der Waals surface area contributed by atoms with Crippen molar-refractivity contribution in [2.75, 3.05) is 18.0 Å². The Morgan fingerprint density at radius 1 is 1.20 bits per heavy atom. The van der Waals surface area contributed by atoms with Gasteiger partial charge in [-0.15, -0.1) is 0 Å². The number of benzene rings is 1. The van der Waals surface area contributed by atoms with Crippen molar-refractivity contribution in [3.05, 3.63) is 29.3 Å². The third-order valence-corrected chi connectivity index (χ3v) is 2.84. The maximum absolute atomic E-state index is 13.2. The Kier molecular flexibility index (Phi) is 2.83. The highest BCUT2D eigenvalue weighted by Gasteiger charge is 2.35. The summed E-state index contributed by atoms with van der Waals surface area (Å²) < 4.78 is 26.3. The van der Waals surface area contributed by atoms with Crippen LogP contribution in [-0.2, 0) is 0 Å². The molecule has 0 amide bonds. The number of nitrogens with zero attached hydrogens (tertiary/aromatic N) is 1. The molecule has 0 radical (unpaired) electrons. The number of halogens is 3. The molecule has 1 aromatic carbocycles. The molecule has 1 aliphatic rings. The Morgan fingerprint density at radius 2 is 1.87 bits per heavy atom. The minimum Gasteiger partial charge on any atom is -0.365 e. The van der Waals surface area contributed by atoms with Crippen LogP contribution in [0.2, 0.25) is 5.02 Å². The zero-order valence-electron chi connectivity index (χ0n) is 8.22. The van der Waals surface area contributed by atoms with E-state index in [1.807, 2.05) is 0 Å². The molecule has 0 unspecified atom stereocenters. The van der Waals surface area contributed by atoms with Gasteiger partial charge in [0, 0.05) is 23.7 Å². The van der Waals surface area contributed by atoms with Gasteiger partial charge in [0.1, 0.15) is 0 Å². The topological polar surface area (TPSA) is 3.24 Å². The molecule has 1 aliphatic heterocycles. The maximum atomic E-state index is 13.2. The summed E-state index contributed by atoms with van der Waals surface area (Å²) in [7, 11) is 0. The van der Waals surface area contributed by atoms with Crippen LogP contribution < -0.4 is 4.90 Å². The Labute approximate surface area is 92.6 Å². The number of rotatable bonds is 1. The van der Waals surface area contributed by atoms with Gasteiger partial charge in [0.15, 0.2) is 0 Å². The first kappa shape index (κ1) is 10.7. The monoisotopic (exact) mass is 231 g/mol. The molecule has 2 rings (SSSR count). The zero-order chi connectivity index (χ0) is 10.9. The van der Waals surface area contributed by atoms with Crippen molar-refractivity contribution < 1.29 is 8.78 Å². The first-order chi connectivity index (χ1) is 7.07. The van der Waals surface area contributed by atoms with Gasteiger partial charge in [-0.2, -0.15) is 0 Å². The normalized spacial score (nSPS) is 20.3. The summed E-state index contributed by atoms with van der Waals surface area (Å²) in [5, 5.41) is 0.627. The molecule has 0 aromatic heterocycles. The van der Waals surface area contributed by atoms with E-state index in [4.69, 9.17) is 11.6 Å². The molecule has 1 nitrogen and oxygen atoms in total. The summed E-state index contributed by atoms with van der Waals surface area (Å²) in [6.45, 7) is 0.506. The summed E-state index contributed by atoms with van der Waals surface area (Å²) in [6, 6.07) is 7.01. The smallest absolute Gasteiger partial charge is 0.265 e. The van der Waals surface area contributed by atoms with Crippen molar-refractivity contribution in [1.29, 1.82) is 0 Å². The molecule has 4 heteroatoms. The van der Waals surface area contributed by atoms with Gasteiger partial charge in [-0.25, -0.2) is 8.78 Å². The van der Waals surface area contributed by atoms with Gasteiger partial charge in [-0.1, -0.05) is 11.6 Å². The van der Waals surface area contributed by atoms with Crippen molar-refractivity contribution in [2.24, 2.45) is 0 Å². The summed E-state index contributed by atoms with van der Waals surface area (Å²) in [5.41, 5.74) is 0.818. The lowest BCUT2D eigenvalue weighted by Gasteiger charge is -2.34. The van der Waals surface area contributed by atoms with E-state index in [1.54, 1.807) is 29.2 Å². The zero-order valence-corrected chi connectivity index (χ0v) is 8.97. The Bertz CT molecular complexity index is 337. The quantitative estimate of drug-likeness (QED) is 0.714. The SMILES string of the molecule is FC1(F)CCCN(c2ccc(Cl)cc2)C1. The lowest BCUT2D eigenvalue weighted by Crippen LogP contribution is -2.42. The van der Waals surface area contributed by atoms with Crippen LogP contribution in [0.25, 0.3) is 0 Å². The van der Waals surface area contributed by atoms with Crippen LogP contribution in [0, 0.1) is 0 Å². The molecule has 1 heterocycles. The van der Waals surface area contributed by atoms with Gasteiger partial charge < -0.3 is 4.90 Å². The molecule has 82 valence electrons. The molecule has 1 fully saturated rings. The number of alkyl halides is 2. The number of piperidine rings is 1. The number of anilines is 1. The molecule has 1 saturated heterocycles. The van der Waals surface area contributed by atoms with Crippen molar-refractivity contribution in [3.63, 3.8) is 0 Å². The molecule has 0 saturated carbocycles. The highest BCUT2D eigenvalue weighted by molar-refractivity contribution is 6.30. The Morgan fingerprint density at radius 3 is 2.47 bits per heavy atom. The van der Waals surface area contributed by atoms with Crippen molar-refractivity contribution in [1.82, 2.24) is 0 Å². The van der Waals surface area contributed by atoms with Gasteiger partial charge in [-0.05, 0) is 30.7 Å². The Balaban J connectivity index is 2.13. The van der Waals surface area contributed by atoms with Gasteiger partial charge in [0.25, 0.3) is 5.92 Å². The highest BCUT2D eigenvalue weighted by Crippen LogP contribution is 2.30. The lowest BCUT2D eigenvalue weighted by molar-refractivity contribution is -0.0116. The molecular formula is C11H12ClF2N. The predicted octanol–water partition coefficient (Wildman–Crippen LogP) is 3.58. The van der Waals surface area contributed by atoms with Crippen molar-refractivity contribution in [3.8, 4) is 0 Å². The Hall–Kier alpha value is -0.830. The van der Waals surface area contributed by atoms with E-state index >= 15 is 0 Å². The molecule has 15 heavy (non-hydrogen) atoms. The molecule has 0 N–H and O–H groups in total. The van der Waals surface area contributed by atoms with Crippen LogP contribution in [0.3, 0.4) is 0 Å². The van der Waals surface area contributed by atoms with E-state index in [1.165, 1.54) is 0 Å². The van der Waals surface area contributed by atoms with Crippen LogP contribution in [0.15, 0.2) is 24.3 Å². The maximum Gasteiger partial charge on any atom is 0.265 e. The van der Waals surface area contributed by atoms with E-state index in [0.717, 1.165) is 5.69 Å². The summed E-state index contributed by atoms with van der Waals surface area (Å²) in [6.07, 6.45) is 0.534. The van der Waals surface area contributed by atoms with Gasteiger partial charge in [0.05, 0.1) is 6.54 Å². The second-order valence-corrected chi connectivity index (χ2v) is 4.29. The first-order valence-electron chi connectivity index (χ1n) is 4.95. The van der Waals surface area contributed by atoms with Crippen LogP contribution in [0.4, 0.5) is 14.5 Å². The fourth-order valence-electron chi connectivity index (χ4n) is 1.84. The second-order valence-electron chi connectivity index (χ2n) is 3.86. The minimum absolute atomic E-state index is 0.00289. The average Bonchev–Trinajstić information content (AvgIpc) is 2.17. The largest absolute Gasteiger partial charge is 0.365 e. The third kappa shape index (κ3) is 2.59. The molecular weight excluding hydrogens is 220 g/mol. The van der Waals surface area contributed by atoms with E-state index in [0.29, 0.717) is 18.0 Å².